The summed E-state index contributed by atoms with van der Waals surface area (Å²) in [6.07, 6.45) is 0. The predicted molar refractivity (Wildman–Crippen MR) is 113 cm³/mol. The Morgan fingerprint density at radius 1 is 1.07 bits per heavy atom. The van der Waals surface area contributed by atoms with E-state index in [4.69, 9.17) is 16.3 Å². The largest absolute Gasteiger partial charge is 0.497 e. The molecule has 3 N–H and O–H groups in total. The molecule has 0 fully saturated rings. The van der Waals surface area contributed by atoms with Crippen LogP contribution in [0.5, 0.6) is 5.75 Å². The van der Waals surface area contributed by atoms with Gasteiger partial charge in [0.15, 0.2) is 0 Å². The van der Waals surface area contributed by atoms with Gasteiger partial charge in [-0.1, -0.05) is 29.8 Å². The van der Waals surface area contributed by atoms with Crippen molar-refractivity contribution in [1.82, 2.24) is 19.6 Å². The fourth-order valence-electron chi connectivity index (χ4n) is 2.81. The molecular formula is C20H19ClN6O2. The van der Waals surface area contributed by atoms with E-state index in [0.717, 1.165) is 17.0 Å². The van der Waals surface area contributed by atoms with Crippen LogP contribution in [0.2, 0.25) is 5.02 Å². The third-order valence-corrected chi connectivity index (χ3v) is 4.55. The molecule has 0 aliphatic carbocycles. The van der Waals surface area contributed by atoms with Gasteiger partial charge >= 0.3 is 0 Å². The van der Waals surface area contributed by atoms with Crippen molar-refractivity contribution in [3.63, 3.8) is 0 Å². The van der Waals surface area contributed by atoms with Crippen LogP contribution in [0.4, 0.5) is 11.6 Å². The molecule has 0 saturated carbocycles. The minimum absolute atomic E-state index is 0.232. The lowest BCUT2D eigenvalue weighted by molar-refractivity contribution is 0.415. The first-order valence-corrected chi connectivity index (χ1v) is 9.33. The number of hydrogen-bond donors (Lipinski definition) is 3. The van der Waals surface area contributed by atoms with Crippen LogP contribution in [0, 0.1) is 0 Å². The molecule has 4 aromatic rings. The summed E-state index contributed by atoms with van der Waals surface area (Å²) >= 11 is 5.90. The number of halogens is 1. The number of ether oxygens (including phenoxy) is 1. The molecule has 2 aromatic carbocycles. The molecule has 0 saturated heterocycles. The third-order valence-electron chi connectivity index (χ3n) is 4.30. The lowest BCUT2D eigenvalue weighted by atomic mass is 10.2. The Bertz CT molecular complexity index is 1190. The van der Waals surface area contributed by atoms with Crippen LogP contribution in [0.1, 0.15) is 11.3 Å². The van der Waals surface area contributed by atoms with Crippen LogP contribution in [-0.4, -0.2) is 26.7 Å². The van der Waals surface area contributed by atoms with Gasteiger partial charge in [-0.3, -0.25) is 9.89 Å². The number of H-pyrrole nitrogens is 1. The second-order valence-corrected chi connectivity index (χ2v) is 6.80. The van der Waals surface area contributed by atoms with Gasteiger partial charge in [0.25, 0.3) is 11.3 Å². The molecular weight excluding hydrogens is 392 g/mol. The molecule has 0 amide bonds. The fraction of sp³-hybridized carbons (Fsp3) is 0.150. The molecule has 0 bridgehead atoms. The second-order valence-electron chi connectivity index (χ2n) is 6.36. The number of nitrogens with one attached hydrogen (secondary N) is 3. The van der Waals surface area contributed by atoms with Crippen LogP contribution in [-0.2, 0) is 13.1 Å². The number of rotatable bonds is 7. The first-order chi connectivity index (χ1) is 14.1. The molecule has 2 heterocycles. The second kappa shape index (κ2) is 8.24. The van der Waals surface area contributed by atoms with Crippen molar-refractivity contribution in [1.29, 1.82) is 0 Å². The molecule has 0 spiro atoms. The van der Waals surface area contributed by atoms with Crippen LogP contribution in [0.15, 0.2) is 59.4 Å². The van der Waals surface area contributed by atoms with E-state index in [1.54, 1.807) is 7.11 Å². The molecule has 0 aliphatic heterocycles. The molecule has 0 unspecified atom stereocenters. The number of aromatic amines is 1. The van der Waals surface area contributed by atoms with Gasteiger partial charge < -0.3 is 15.4 Å². The van der Waals surface area contributed by atoms with Gasteiger partial charge in [0, 0.05) is 29.4 Å². The Morgan fingerprint density at radius 2 is 1.90 bits per heavy atom. The maximum absolute atomic E-state index is 12.4. The zero-order valence-corrected chi connectivity index (χ0v) is 16.4. The highest BCUT2D eigenvalue weighted by Crippen LogP contribution is 2.17. The highest BCUT2D eigenvalue weighted by molar-refractivity contribution is 6.30. The number of fused-ring (bicyclic) bond motifs is 1. The van der Waals surface area contributed by atoms with Gasteiger partial charge in [-0.25, -0.2) is 4.98 Å². The van der Waals surface area contributed by atoms with E-state index in [0.29, 0.717) is 35.5 Å². The normalized spacial score (nSPS) is 10.8. The maximum atomic E-state index is 12.4. The molecule has 0 aliphatic rings. The van der Waals surface area contributed by atoms with Gasteiger partial charge in [0.2, 0.25) is 5.95 Å². The lowest BCUT2D eigenvalue weighted by Gasteiger charge is -2.07. The van der Waals surface area contributed by atoms with Gasteiger partial charge in [-0.2, -0.15) is 9.50 Å². The topological polar surface area (TPSA) is 96.3 Å². The SMILES string of the molecule is COc1cccc(NCc2cc(=O)n3[nH]c(NCc4ccc(Cl)cc4)nc3n2)c1. The Morgan fingerprint density at radius 3 is 2.69 bits per heavy atom. The molecule has 2 aromatic heterocycles. The van der Waals surface area contributed by atoms with Gasteiger partial charge in [-0.05, 0) is 29.8 Å². The summed E-state index contributed by atoms with van der Waals surface area (Å²) in [6.45, 7) is 0.926. The Hall–Kier alpha value is -3.52. The summed E-state index contributed by atoms with van der Waals surface area (Å²) < 4.78 is 6.52. The van der Waals surface area contributed by atoms with E-state index in [-0.39, 0.29) is 5.56 Å². The number of benzene rings is 2. The monoisotopic (exact) mass is 410 g/mol. The van der Waals surface area contributed by atoms with Crippen molar-refractivity contribution in [3.8, 4) is 5.75 Å². The Kier molecular flexibility index (Phi) is 5.35. The van der Waals surface area contributed by atoms with Crippen LogP contribution < -0.4 is 20.9 Å². The number of methoxy groups -OCH3 is 1. The standard InChI is InChI=1S/C20H19ClN6O2/c1-29-17-4-2-3-15(9-17)22-12-16-10-18(28)27-20(24-16)25-19(26-27)23-11-13-5-7-14(21)8-6-13/h2-10,22H,11-12H2,1H3,(H2,23,24,25,26). The predicted octanol–water partition coefficient (Wildman–Crippen LogP) is 3.30. The van der Waals surface area contributed by atoms with E-state index < -0.39 is 0 Å². The molecule has 9 heteroatoms. The van der Waals surface area contributed by atoms with E-state index in [2.05, 4.69) is 25.7 Å². The minimum Gasteiger partial charge on any atom is -0.497 e. The van der Waals surface area contributed by atoms with Crippen molar-refractivity contribution >= 4 is 29.0 Å². The Labute approximate surface area is 171 Å². The zero-order valence-electron chi connectivity index (χ0n) is 15.6. The maximum Gasteiger partial charge on any atom is 0.274 e. The van der Waals surface area contributed by atoms with Crippen molar-refractivity contribution in [3.05, 3.63) is 81.2 Å². The number of hydrogen-bond acceptors (Lipinski definition) is 6. The van der Waals surface area contributed by atoms with E-state index in [9.17, 15) is 4.79 Å². The van der Waals surface area contributed by atoms with Crippen molar-refractivity contribution < 1.29 is 4.74 Å². The van der Waals surface area contributed by atoms with E-state index in [1.165, 1.54) is 10.6 Å². The average molecular weight is 411 g/mol. The van der Waals surface area contributed by atoms with Crippen molar-refractivity contribution in [2.45, 2.75) is 13.1 Å². The lowest BCUT2D eigenvalue weighted by Crippen LogP contribution is -2.17. The summed E-state index contributed by atoms with van der Waals surface area (Å²) in [5.41, 5.74) is 2.27. The number of nitrogens with zero attached hydrogens (tertiary/aromatic N) is 3. The van der Waals surface area contributed by atoms with Crippen molar-refractivity contribution in [2.24, 2.45) is 0 Å². The highest BCUT2D eigenvalue weighted by atomic mass is 35.5. The highest BCUT2D eigenvalue weighted by Gasteiger charge is 2.08. The average Bonchev–Trinajstić information content (AvgIpc) is 3.16. The van der Waals surface area contributed by atoms with Gasteiger partial charge in [0.05, 0.1) is 19.3 Å². The number of aromatic nitrogens is 4. The molecule has 29 heavy (non-hydrogen) atoms. The zero-order chi connectivity index (χ0) is 20.2. The van der Waals surface area contributed by atoms with Crippen LogP contribution >= 0.6 is 11.6 Å². The third kappa shape index (κ3) is 4.49. The molecule has 8 nitrogen and oxygen atoms in total. The summed E-state index contributed by atoms with van der Waals surface area (Å²) in [5.74, 6) is 1.52. The summed E-state index contributed by atoms with van der Waals surface area (Å²) in [5, 5.41) is 9.98. The summed E-state index contributed by atoms with van der Waals surface area (Å²) in [4.78, 5) is 21.2. The van der Waals surface area contributed by atoms with E-state index >= 15 is 0 Å². The van der Waals surface area contributed by atoms with E-state index in [1.807, 2.05) is 48.5 Å². The van der Waals surface area contributed by atoms with Gasteiger partial charge in [0.1, 0.15) is 5.75 Å². The smallest absolute Gasteiger partial charge is 0.274 e. The number of anilines is 2. The first kappa shape index (κ1) is 18.8. The van der Waals surface area contributed by atoms with Crippen LogP contribution in [0.3, 0.4) is 0 Å². The molecule has 4 rings (SSSR count). The van der Waals surface area contributed by atoms with Gasteiger partial charge in [-0.15, -0.1) is 0 Å². The minimum atomic E-state index is -0.232. The summed E-state index contributed by atoms with van der Waals surface area (Å²) in [7, 11) is 1.62. The van der Waals surface area contributed by atoms with Crippen molar-refractivity contribution in [2.75, 3.05) is 17.7 Å². The van der Waals surface area contributed by atoms with Crippen LogP contribution in [0.25, 0.3) is 5.78 Å². The molecule has 0 radical (unpaired) electrons. The fourth-order valence-corrected chi connectivity index (χ4v) is 2.94. The quantitative estimate of drug-likeness (QED) is 0.432. The Balaban J connectivity index is 1.47. The first-order valence-electron chi connectivity index (χ1n) is 8.96. The molecule has 148 valence electrons. The molecule has 0 atom stereocenters. The summed E-state index contributed by atoms with van der Waals surface area (Å²) in [6, 6.07) is 16.5.